The summed E-state index contributed by atoms with van der Waals surface area (Å²) in [5, 5.41) is 3.84. The van der Waals surface area contributed by atoms with Crippen LogP contribution in [0.1, 0.15) is 49.7 Å². The Kier molecular flexibility index (Phi) is 4.84. The zero-order valence-electron chi connectivity index (χ0n) is 13.7. The molecule has 1 aromatic rings. The maximum absolute atomic E-state index is 3.84. The number of anilines is 1. The average molecular weight is 286 g/mol. The van der Waals surface area contributed by atoms with Crippen molar-refractivity contribution in [3.63, 3.8) is 0 Å². The third kappa shape index (κ3) is 3.42. The van der Waals surface area contributed by atoms with Gasteiger partial charge in [-0.1, -0.05) is 31.4 Å². The summed E-state index contributed by atoms with van der Waals surface area (Å²) >= 11 is 0. The second-order valence-corrected chi connectivity index (χ2v) is 6.98. The molecular formula is C19H30N2. The molecular weight excluding hydrogens is 256 g/mol. The van der Waals surface area contributed by atoms with Gasteiger partial charge in [0.15, 0.2) is 0 Å². The number of rotatable bonds is 2. The van der Waals surface area contributed by atoms with Gasteiger partial charge in [-0.15, -0.1) is 0 Å². The second kappa shape index (κ2) is 6.83. The van der Waals surface area contributed by atoms with Gasteiger partial charge in [-0.05, 0) is 62.8 Å². The van der Waals surface area contributed by atoms with Crippen LogP contribution in [0.2, 0.25) is 0 Å². The molecule has 2 heteroatoms. The van der Waals surface area contributed by atoms with Crippen LogP contribution in [-0.4, -0.2) is 25.7 Å². The first-order valence-electron chi connectivity index (χ1n) is 8.80. The summed E-state index contributed by atoms with van der Waals surface area (Å²) in [6.45, 7) is 8.07. The zero-order chi connectivity index (χ0) is 14.7. The average Bonchev–Trinajstić information content (AvgIpc) is 2.77. The lowest BCUT2D eigenvalue weighted by Gasteiger charge is -2.34. The maximum Gasteiger partial charge on any atom is 0.0399 e. The highest BCUT2D eigenvalue weighted by molar-refractivity contribution is 5.56. The standard InChI is InChI=1S/C19H30N2/c1-15-8-6-11-19(16(15)2)21-13-7-12-20-18(14-21)17-9-4-3-5-10-17/h6,8,11,17-18,20H,3-5,7,9-10,12-14H2,1-2H3. The van der Waals surface area contributed by atoms with Crippen molar-refractivity contribution in [3.05, 3.63) is 29.3 Å². The Morgan fingerprint density at radius 2 is 1.86 bits per heavy atom. The van der Waals surface area contributed by atoms with Gasteiger partial charge < -0.3 is 10.2 Å². The molecule has 1 unspecified atom stereocenters. The Morgan fingerprint density at radius 3 is 2.67 bits per heavy atom. The lowest BCUT2D eigenvalue weighted by molar-refractivity contribution is 0.277. The first-order chi connectivity index (χ1) is 10.3. The minimum absolute atomic E-state index is 0.688. The van der Waals surface area contributed by atoms with Crippen LogP contribution >= 0.6 is 0 Å². The molecule has 1 saturated carbocycles. The van der Waals surface area contributed by atoms with Crippen molar-refractivity contribution in [1.82, 2.24) is 5.32 Å². The number of hydrogen-bond donors (Lipinski definition) is 1. The SMILES string of the molecule is Cc1cccc(N2CCCNC(C3CCCCC3)C2)c1C. The molecule has 0 spiro atoms. The van der Waals surface area contributed by atoms with Gasteiger partial charge in [-0.2, -0.15) is 0 Å². The predicted molar refractivity (Wildman–Crippen MR) is 91.1 cm³/mol. The third-order valence-electron chi connectivity index (χ3n) is 5.56. The van der Waals surface area contributed by atoms with Gasteiger partial charge in [0.1, 0.15) is 0 Å². The van der Waals surface area contributed by atoms with Crippen molar-refractivity contribution in [2.45, 2.75) is 58.4 Å². The summed E-state index contributed by atoms with van der Waals surface area (Å²) in [5.74, 6) is 0.893. The Morgan fingerprint density at radius 1 is 1.05 bits per heavy atom. The van der Waals surface area contributed by atoms with Crippen LogP contribution in [0.3, 0.4) is 0 Å². The molecule has 1 N–H and O–H groups in total. The van der Waals surface area contributed by atoms with Crippen LogP contribution in [0.5, 0.6) is 0 Å². The molecule has 1 heterocycles. The van der Waals surface area contributed by atoms with E-state index in [0.717, 1.165) is 5.92 Å². The lowest BCUT2D eigenvalue weighted by atomic mass is 9.83. The lowest BCUT2D eigenvalue weighted by Crippen LogP contribution is -2.44. The predicted octanol–water partition coefficient (Wildman–Crippen LogP) is 4.05. The minimum atomic E-state index is 0.688. The summed E-state index contributed by atoms with van der Waals surface area (Å²) in [5.41, 5.74) is 4.33. The normalized spacial score (nSPS) is 24.9. The van der Waals surface area contributed by atoms with Crippen LogP contribution in [0.4, 0.5) is 5.69 Å². The summed E-state index contributed by atoms with van der Waals surface area (Å²) in [7, 11) is 0. The molecule has 1 aromatic carbocycles. The first-order valence-corrected chi connectivity index (χ1v) is 8.80. The molecule has 0 radical (unpaired) electrons. The smallest absolute Gasteiger partial charge is 0.0399 e. The van der Waals surface area contributed by atoms with Gasteiger partial charge >= 0.3 is 0 Å². The summed E-state index contributed by atoms with van der Waals surface area (Å²) in [6.07, 6.45) is 8.44. The van der Waals surface area contributed by atoms with Crippen LogP contribution < -0.4 is 10.2 Å². The van der Waals surface area contributed by atoms with Crippen LogP contribution in [-0.2, 0) is 0 Å². The highest BCUT2D eigenvalue weighted by Crippen LogP contribution is 2.30. The molecule has 0 amide bonds. The molecule has 1 aliphatic heterocycles. The van der Waals surface area contributed by atoms with Gasteiger partial charge in [-0.25, -0.2) is 0 Å². The summed E-state index contributed by atoms with van der Waals surface area (Å²) in [6, 6.07) is 7.44. The highest BCUT2D eigenvalue weighted by atomic mass is 15.2. The maximum atomic E-state index is 3.84. The molecule has 2 nitrogen and oxygen atoms in total. The number of benzene rings is 1. The molecule has 116 valence electrons. The molecule has 0 aromatic heterocycles. The molecule has 3 rings (SSSR count). The Bertz CT molecular complexity index is 463. The highest BCUT2D eigenvalue weighted by Gasteiger charge is 2.27. The van der Waals surface area contributed by atoms with E-state index in [1.165, 1.54) is 75.0 Å². The van der Waals surface area contributed by atoms with Crippen LogP contribution in [0.15, 0.2) is 18.2 Å². The third-order valence-corrected chi connectivity index (χ3v) is 5.56. The van der Waals surface area contributed by atoms with Crippen molar-refractivity contribution in [3.8, 4) is 0 Å². The van der Waals surface area contributed by atoms with Gasteiger partial charge in [0, 0.05) is 24.8 Å². The van der Waals surface area contributed by atoms with E-state index in [2.05, 4.69) is 42.3 Å². The first kappa shape index (κ1) is 14.9. The topological polar surface area (TPSA) is 15.3 Å². The van der Waals surface area contributed by atoms with E-state index < -0.39 is 0 Å². The molecule has 0 bridgehead atoms. The van der Waals surface area contributed by atoms with E-state index in [1.54, 1.807) is 0 Å². The van der Waals surface area contributed by atoms with E-state index in [-0.39, 0.29) is 0 Å². The monoisotopic (exact) mass is 286 g/mol. The second-order valence-electron chi connectivity index (χ2n) is 6.98. The van der Waals surface area contributed by atoms with Crippen molar-refractivity contribution in [1.29, 1.82) is 0 Å². The molecule has 1 saturated heterocycles. The molecule has 2 fully saturated rings. The van der Waals surface area contributed by atoms with Gasteiger partial charge in [0.25, 0.3) is 0 Å². The van der Waals surface area contributed by atoms with Gasteiger partial charge in [0.05, 0.1) is 0 Å². The fourth-order valence-corrected chi connectivity index (χ4v) is 4.10. The molecule has 1 atom stereocenters. The fraction of sp³-hybridized carbons (Fsp3) is 0.684. The van der Waals surface area contributed by atoms with E-state index in [0.29, 0.717) is 6.04 Å². The Hall–Kier alpha value is -1.02. The molecule has 2 aliphatic rings. The summed E-state index contributed by atoms with van der Waals surface area (Å²) < 4.78 is 0. The van der Waals surface area contributed by atoms with Crippen molar-refractivity contribution >= 4 is 5.69 Å². The minimum Gasteiger partial charge on any atom is -0.370 e. The number of nitrogens with one attached hydrogen (secondary N) is 1. The largest absolute Gasteiger partial charge is 0.370 e. The Labute approximate surface area is 129 Å². The zero-order valence-corrected chi connectivity index (χ0v) is 13.7. The number of aryl methyl sites for hydroxylation is 1. The van der Waals surface area contributed by atoms with E-state index in [1.807, 2.05) is 0 Å². The van der Waals surface area contributed by atoms with E-state index in [4.69, 9.17) is 0 Å². The quantitative estimate of drug-likeness (QED) is 0.882. The van der Waals surface area contributed by atoms with Gasteiger partial charge in [-0.3, -0.25) is 0 Å². The van der Waals surface area contributed by atoms with E-state index >= 15 is 0 Å². The number of nitrogens with zero attached hydrogens (tertiary/aromatic N) is 1. The molecule has 21 heavy (non-hydrogen) atoms. The van der Waals surface area contributed by atoms with Gasteiger partial charge in [0.2, 0.25) is 0 Å². The van der Waals surface area contributed by atoms with E-state index in [9.17, 15) is 0 Å². The van der Waals surface area contributed by atoms with Crippen LogP contribution in [0, 0.1) is 19.8 Å². The Balaban J connectivity index is 1.76. The van der Waals surface area contributed by atoms with Crippen LogP contribution in [0.25, 0.3) is 0 Å². The fourth-order valence-electron chi connectivity index (χ4n) is 4.10. The summed E-state index contributed by atoms with van der Waals surface area (Å²) in [4.78, 5) is 2.64. The van der Waals surface area contributed by atoms with Crippen molar-refractivity contribution in [2.24, 2.45) is 5.92 Å². The molecule has 1 aliphatic carbocycles. The van der Waals surface area contributed by atoms with Crippen molar-refractivity contribution in [2.75, 3.05) is 24.5 Å². The number of hydrogen-bond acceptors (Lipinski definition) is 2. The van der Waals surface area contributed by atoms with Crippen molar-refractivity contribution < 1.29 is 0 Å².